The second-order valence-electron chi connectivity index (χ2n) is 9.76. The molecule has 3 atom stereocenters. The predicted octanol–water partition coefficient (Wildman–Crippen LogP) is 4.95. The predicted molar refractivity (Wildman–Crippen MR) is 139 cm³/mol. The van der Waals surface area contributed by atoms with Crippen molar-refractivity contribution in [1.29, 1.82) is 0 Å². The number of thioether (sulfide) groups is 1. The maximum Gasteiger partial charge on any atom is 0.446 e. The largest absolute Gasteiger partial charge is 0.829 e. The second kappa shape index (κ2) is 9.68. The third-order valence-corrected chi connectivity index (χ3v) is 8.09. The summed E-state index contributed by atoms with van der Waals surface area (Å²) in [6.07, 6.45) is -0.0248. The van der Waals surface area contributed by atoms with E-state index >= 15 is 0 Å². The molecule has 1 spiro atoms. The van der Waals surface area contributed by atoms with Crippen molar-refractivity contribution in [2.24, 2.45) is 10.8 Å². The minimum absolute atomic E-state index is 0.000351. The van der Waals surface area contributed by atoms with Crippen LogP contribution in [0, 0.1) is 0 Å². The lowest BCUT2D eigenvalue weighted by Gasteiger charge is -2.40. The number of alkyl halides is 3. The maximum atomic E-state index is 14.0. The Kier molecular flexibility index (Phi) is 6.43. The number of halogens is 3. The topological polar surface area (TPSA) is 84.8 Å². The van der Waals surface area contributed by atoms with Gasteiger partial charge in [-0.25, -0.2) is 0 Å². The van der Waals surface area contributed by atoms with Crippen molar-refractivity contribution in [3.8, 4) is 5.75 Å². The summed E-state index contributed by atoms with van der Waals surface area (Å²) in [6, 6.07) is 25.0. The van der Waals surface area contributed by atoms with Crippen LogP contribution in [0.5, 0.6) is 5.75 Å². The molecule has 0 amide bonds. The summed E-state index contributed by atoms with van der Waals surface area (Å²) in [5.74, 6) is 0.338. The van der Waals surface area contributed by atoms with E-state index in [1.165, 1.54) is 24.3 Å². The summed E-state index contributed by atoms with van der Waals surface area (Å²) in [4.78, 5) is 0.0878. The van der Waals surface area contributed by atoms with Crippen LogP contribution in [0.15, 0.2) is 106 Å². The number of ether oxygens (including phenoxy) is 1. The molecule has 39 heavy (non-hydrogen) atoms. The van der Waals surface area contributed by atoms with Crippen LogP contribution < -0.4 is 15.6 Å². The fraction of sp³-hybridized carbons (Fsp3) is 0.250. The first kappa shape index (κ1) is 25.9. The standard InChI is InChI=1S/C28H26F3N5O2S/c29-28(30,31)39-22-13-11-21(12-14-22)38-27-34-35(27)16-15-23-24(17-35)33-36(18-32,26(23)37)25(19-7-3-1-4-8-19)20-9-5-2-6-10-20/h1-14,25,27H,15-18,32H2. The first-order valence-corrected chi connectivity index (χ1v) is 13.3. The SMILES string of the molecule is NC[N+]1(C(c2ccccc2)c2ccccc2)N=C2C[N+]3(CCC2=C1[O-])[N-]C3Oc1ccc(SC(F)(F)F)cc1. The highest BCUT2D eigenvalue weighted by molar-refractivity contribution is 8.00. The highest BCUT2D eigenvalue weighted by atomic mass is 32.2. The summed E-state index contributed by atoms with van der Waals surface area (Å²) < 4.78 is 43.8. The molecular formula is C28H26F3N5O2S. The van der Waals surface area contributed by atoms with Crippen LogP contribution in [0.1, 0.15) is 23.6 Å². The molecule has 11 heteroatoms. The van der Waals surface area contributed by atoms with Crippen LogP contribution >= 0.6 is 11.8 Å². The molecule has 6 rings (SSSR count). The molecule has 0 aliphatic carbocycles. The minimum atomic E-state index is -4.35. The monoisotopic (exact) mass is 553 g/mol. The Bertz CT molecular complexity index is 1380. The van der Waals surface area contributed by atoms with Gasteiger partial charge in [-0.3, -0.25) is 5.73 Å². The average molecular weight is 554 g/mol. The van der Waals surface area contributed by atoms with Crippen LogP contribution in [-0.4, -0.2) is 46.5 Å². The number of hydrogen-bond donors (Lipinski definition) is 1. The molecule has 3 aliphatic heterocycles. The van der Waals surface area contributed by atoms with E-state index in [-0.39, 0.29) is 38.4 Å². The molecule has 3 heterocycles. The summed E-state index contributed by atoms with van der Waals surface area (Å²) in [5.41, 5.74) is 9.89. The van der Waals surface area contributed by atoms with E-state index in [2.05, 4.69) is 5.43 Å². The van der Waals surface area contributed by atoms with Crippen molar-refractivity contribution >= 4 is 17.5 Å². The second-order valence-corrected chi connectivity index (χ2v) is 10.9. The molecule has 202 valence electrons. The average Bonchev–Trinajstić information content (AvgIpc) is 3.49. The number of piperidine rings is 1. The third-order valence-electron chi connectivity index (χ3n) is 7.35. The van der Waals surface area contributed by atoms with Gasteiger partial charge < -0.3 is 19.9 Å². The minimum Gasteiger partial charge on any atom is -0.829 e. The number of benzene rings is 3. The van der Waals surface area contributed by atoms with E-state index < -0.39 is 17.9 Å². The summed E-state index contributed by atoms with van der Waals surface area (Å²) in [7, 11) is 0. The molecule has 0 saturated carbocycles. The molecule has 3 unspecified atom stereocenters. The Morgan fingerprint density at radius 3 is 2.18 bits per heavy atom. The molecule has 3 aliphatic rings. The normalized spacial score (nSPS) is 26.1. The van der Waals surface area contributed by atoms with Crippen molar-refractivity contribution in [2.75, 3.05) is 19.8 Å². The Morgan fingerprint density at radius 2 is 1.62 bits per heavy atom. The summed E-state index contributed by atoms with van der Waals surface area (Å²) >= 11 is -0.168. The van der Waals surface area contributed by atoms with Crippen molar-refractivity contribution in [2.45, 2.75) is 29.2 Å². The number of nitrogens with two attached hydrogens (primary N) is 1. The van der Waals surface area contributed by atoms with E-state index in [9.17, 15) is 18.3 Å². The van der Waals surface area contributed by atoms with Gasteiger partial charge in [-0.1, -0.05) is 65.8 Å². The van der Waals surface area contributed by atoms with Gasteiger partial charge in [-0.15, -0.1) is 0 Å². The zero-order valence-corrected chi connectivity index (χ0v) is 21.6. The van der Waals surface area contributed by atoms with Gasteiger partial charge in [0.15, 0.2) is 24.8 Å². The molecule has 0 bridgehead atoms. The number of rotatable bonds is 7. The van der Waals surface area contributed by atoms with Gasteiger partial charge in [0.1, 0.15) is 18.2 Å². The number of nitrogens with zero attached hydrogens (tertiary/aromatic N) is 4. The molecule has 2 saturated heterocycles. The van der Waals surface area contributed by atoms with Crippen molar-refractivity contribution in [1.82, 2.24) is 0 Å². The van der Waals surface area contributed by atoms with Crippen LogP contribution in [0.3, 0.4) is 0 Å². The van der Waals surface area contributed by atoms with Gasteiger partial charge in [-0.05, 0) is 36.0 Å². The van der Waals surface area contributed by atoms with Crippen molar-refractivity contribution in [3.63, 3.8) is 0 Å². The number of fused-ring (bicyclic) bond motifs is 1. The van der Waals surface area contributed by atoms with Crippen molar-refractivity contribution < 1.29 is 32.2 Å². The molecule has 2 fully saturated rings. The molecule has 3 aromatic rings. The fourth-order valence-corrected chi connectivity index (χ4v) is 6.02. The van der Waals surface area contributed by atoms with E-state index in [1.54, 1.807) is 0 Å². The van der Waals surface area contributed by atoms with Gasteiger partial charge in [-0.2, -0.15) is 17.8 Å². The van der Waals surface area contributed by atoms with Crippen LogP contribution in [0.25, 0.3) is 5.43 Å². The third kappa shape index (κ3) is 4.81. The molecule has 2 N–H and O–H groups in total. The number of quaternary nitrogens is 2. The number of hydrogen-bond acceptors (Lipinski definition) is 5. The highest BCUT2D eigenvalue weighted by Crippen LogP contribution is 2.50. The van der Waals surface area contributed by atoms with E-state index in [0.29, 0.717) is 36.5 Å². The molecule has 0 aromatic heterocycles. The summed E-state index contributed by atoms with van der Waals surface area (Å²) in [6.45, 7) is 0.961. The first-order chi connectivity index (χ1) is 18.7. The van der Waals surface area contributed by atoms with Crippen LogP contribution in [0.2, 0.25) is 0 Å². The quantitative estimate of drug-likeness (QED) is 0.255. The van der Waals surface area contributed by atoms with Gasteiger partial charge in [0.2, 0.25) is 0 Å². The fourth-order valence-electron chi connectivity index (χ4n) is 5.48. The van der Waals surface area contributed by atoms with Gasteiger partial charge in [0.25, 0.3) is 0 Å². The van der Waals surface area contributed by atoms with E-state index in [0.717, 1.165) is 11.1 Å². The zero-order chi connectivity index (χ0) is 27.3. The Balaban J connectivity index is 1.26. The van der Waals surface area contributed by atoms with Crippen LogP contribution in [-0.2, 0) is 0 Å². The van der Waals surface area contributed by atoms with Gasteiger partial charge in [0, 0.05) is 28.0 Å². The van der Waals surface area contributed by atoms with E-state index in [4.69, 9.17) is 15.6 Å². The Labute approximate surface area is 228 Å². The smallest absolute Gasteiger partial charge is 0.446 e. The molecular weight excluding hydrogens is 527 g/mol. The van der Waals surface area contributed by atoms with Gasteiger partial charge in [0.05, 0.1) is 6.54 Å². The Hall–Kier alpha value is -3.35. The zero-order valence-electron chi connectivity index (χ0n) is 20.8. The molecule has 7 nitrogen and oxygen atoms in total. The highest BCUT2D eigenvalue weighted by Gasteiger charge is 2.53. The Morgan fingerprint density at radius 1 is 1.00 bits per heavy atom. The lowest BCUT2D eigenvalue weighted by molar-refractivity contribution is -0.961. The lowest BCUT2D eigenvalue weighted by atomic mass is 9.96. The lowest BCUT2D eigenvalue weighted by Crippen LogP contribution is -2.51. The molecule has 3 aromatic carbocycles. The molecule has 0 radical (unpaired) electrons. The first-order valence-electron chi connectivity index (χ1n) is 12.5. The van der Waals surface area contributed by atoms with Crippen molar-refractivity contribution in [3.05, 3.63) is 113 Å². The maximum absolute atomic E-state index is 14.0. The summed E-state index contributed by atoms with van der Waals surface area (Å²) in [5, 5.41) is 19.0. The van der Waals surface area contributed by atoms with Gasteiger partial charge >= 0.3 is 5.51 Å². The van der Waals surface area contributed by atoms with E-state index in [1.807, 2.05) is 60.7 Å². The van der Waals surface area contributed by atoms with Crippen LogP contribution in [0.4, 0.5) is 13.2 Å².